The van der Waals surface area contributed by atoms with Gasteiger partial charge in [0.2, 0.25) is 10.0 Å². The molecule has 1 aliphatic carbocycles. The van der Waals surface area contributed by atoms with Gasteiger partial charge < -0.3 is 5.73 Å². The SMILES string of the molecule is CC(C)(C(N)=S)N1CCN(S(=O)(=O)C2CCCC2)CC1. The summed E-state index contributed by atoms with van der Waals surface area (Å²) in [5, 5.41) is -0.155. The van der Waals surface area contributed by atoms with Crippen LogP contribution in [0.3, 0.4) is 0 Å². The quantitative estimate of drug-likeness (QED) is 0.781. The largest absolute Gasteiger partial charge is 0.392 e. The van der Waals surface area contributed by atoms with Crippen LogP contribution in [-0.2, 0) is 10.0 Å². The van der Waals surface area contributed by atoms with Crippen LogP contribution in [0.4, 0.5) is 0 Å². The second kappa shape index (κ2) is 5.87. The lowest BCUT2D eigenvalue weighted by Crippen LogP contribution is -2.60. The van der Waals surface area contributed by atoms with E-state index in [-0.39, 0.29) is 10.8 Å². The van der Waals surface area contributed by atoms with Gasteiger partial charge in [0, 0.05) is 26.2 Å². The average molecular weight is 319 g/mol. The molecule has 0 bridgehead atoms. The standard InChI is InChI=1S/C13H25N3O2S2/c1-13(2,12(14)19)15-7-9-16(10-8-15)20(17,18)11-5-3-4-6-11/h11H,3-10H2,1-2H3,(H2,14,19). The Morgan fingerprint density at radius 3 is 2.10 bits per heavy atom. The molecule has 1 aliphatic heterocycles. The molecule has 0 amide bonds. The maximum atomic E-state index is 12.5. The van der Waals surface area contributed by atoms with Crippen LogP contribution in [0.15, 0.2) is 0 Å². The van der Waals surface area contributed by atoms with Gasteiger partial charge in [0.1, 0.15) is 0 Å². The first-order chi connectivity index (χ1) is 9.26. The maximum Gasteiger partial charge on any atom is 0.217 e. The van der Waals surface area contributed by atoms with Crippen LogP contribution < -0.4 is 5.73 Å². The highest BCUT2D eigenvalue weighted by Crippen LogP contribution is 2.28. The summed E-state index contributed by atoms with van der Waals surface area (Å²) >= 11 is 5.11. The van der Waals surface area contributed by atoms with Crippen molar-refractivity contribution in [3.63, 3.8) is 0 Å². The summed E-state index contributed by atoms with van der Waals surface area (Å²) in [6.45, 7) is 6.47. The van der Waals surface area contributed by atoms with E-state index in [2.05, 4.69) is 4.90 Å². The predicted octanol–water partition coefficient (Wildman–Crippen LogP) is 0.941. The Bertz CT molecular complexity index is 462. The summed E-state index contributed by atoms with van der Waals surface area (Å²) in [7, 11) is -3.11. The van der Waals surface area contributed by atoms with Gasteiger partial charge in [0.15, 0.2) is 0 Å². The molecule has 2 N–H and O–H groups in total. The van der Waals surface area contributed by atoms with Gasteiger partial charge in [-0.05, 0) is 26.7 Å². The van der Waals surface area contributed by atoms with E-state index < -0.39 is 10.0 Å². The zero-order valence-electron chi connectivity index (χ0n) is 12.3. The van der Waals surface area contributed by atoms with Crippen LogP contribution in [-0.4, -0.2) is 59.6 Å². The molecule has 20 heavy (non-hydrogen) atoms. The van der Waals surface area contributed by atoms with Crippen molar-refractivity contribution >= 4 is 27.2 Å². The van der Waals surface area contributed by atoms with Gasteiger partial charge in [-0.25, -0.2) is 8.42 Å². The average Bonchev–Trinajstić information content (AvgIpc) is 2.93. The third-order valence-corrected chi connectivity index (χ3v) is 7.61. The highest BCUT2D eigenvalue weighted by Gasteiger charge is 2.38. The number of thiocarbonyl (C=S) groups is 1. The van der Waals surface area contributed by atoms with Crippen LogP contribution in [0.1, 0.15) is 39.5 Å². The second-order valence-corrected chi connectivity index (χ2v) is 8.91. The Kier molecular flexibility index (Phi) is 4.73. The summed E-state index contributed by atoms with van der Waals surface area (Å²) in [6, 6.07) is 0. The van der Waals surface area contributed by atoms with Crippen LogP contribution in [0.2, 0.25) is 0 Å². The highest BCUT2D eigenvalue weighted by atomic mass is 32.2. The van der Waals surface area contributed by atoms with E-state index in [0.717, 1.165) is 25.7 Å². The zero-order chi connectivity index (χ0) is 15.0. The van der Waals surface area contributed by atoms with Gasteiger partial charge in [0.05, 0.1) is 15.8 Å². The second-order valence-electron chi connectivity index (χ2n) is 6.26. The van der Waals surface area contributed by atoms with Crippen LogP contribution in [0, 0.1) is 0 Å². The molecular formula is C13H25N3O2S2. The minimum atomic E-state index is -3.11. The molecule has 2 rings (SSSR count). The highest BCUT2D eigenvalue weighted by molar-refractivity contribution is 7.89. The molecule has 0 unspecified atom stereocenters. The first-order valence-electron chi connectivity index (χ1n) is 7.30. The molecule has 2 fully saturated rings. The summed E-state index contributed by atoms with van der Waals surface area (Å²) in [5.74, 6) is 0. The van der Waals surface area contributed by atoms with Crippen molar-refractivity contribution in [2.75, 3.05) is 26.2 Å². The Balaban J connectivity index is 1.99. The fourth-order valence-electron chi connectivity index (χ4n) is 3.05. The summed E-state index contributed by atoms with van der Waals surface area (Å²) < 4.78 is 26.7. The van der Waals surface area contributed by atoms with Crippen molar-refractivity contribution in [3.05, 3.63) is 0 Å². The molecular weight excluding hydrogens is 294 g/mol. The minimum Gasteiger partial charge on any atom is -0.392 e. The van der Waals surface area contributed by atoms with Crippen molar-refractivity contribution in [1.29, 1.82) is 0 Å². The van der Waals surface area contributed by atoms with E-state index in [4.69, 9.17) is 18.0 Å². The fraction of sp³-hybridized carbons (Fsp3) is 0.923. The fourth-order valence-corrected chi connectivity index (χ4v) is 5.21. The summed E-state index contributed by atoms with van der Waals surface area (Å²) in [5.41, 5.74) is 5.43. The van der Waals surface area contributed by atoms with Gasteiger partial charge in [0.25, 0.3) is 0 Å². The molecule has 1 saturated carbocycles. The van der Waals surface area contributed by atoms with Crippen molar-refractivity contribution in [2.45, 2.75) is 50.3 Å². The lowest BCUT2D eigenvalue weighted by atomic mass is 10.0. The zero-order valence-corrected chi connectivity index (χ0v) is 14.0. The summed E-state index contributed by atoms with van der Waals surface area (Å²) in [6.07, 6.45) is 3.72. The number of rotatable bonds is 4. The molecule has 2 aliphatic rings. The van der Waals surface area contributed by atoms with E-state index in [1.165, 1.54) is 0 Å². The Morgan fingerprint density at radius 1 is 1.15 bits per heavy atom. The Hall–Kier alpha value is -0.240. The van der Waals surface area contributed by atoms with Crippen LogP contribution >= 0.6 is 12.2 Å². The summed E-state index contributed by atoms with van der Waals surface area (Å²) in [4.78, 5) is 2.64. The normalized spacial score (nSPS) is 24.1. The van der Waals surface area contributed by atoms with Crippen molar-refractivity contribution in [1.82, 2.24) is 9.21 Å². The minimum absolute atomic E-state index is 0.155. The lowest BCUT2D eigenvalue weighted by molar-refractivity contribution is 0.123. The maximum absolute atomic E-state index is 12.5. The van der Waals surface area contributed by atoms with Crippen molar-refractivity contribution in [2.24, 2.45) is 5.73 Å². The first-order valence-corrected chi connectivity index (χ1v) is 9.21. The number of sulfonamides is 1. The van der Waals surface area contributed by atoms with Gasteiger partial charge in [-0.3, -0.25) is 4.90 Å². The number of nitrogens with zero attached hydrogens (tertiary/aromatic N) is 2. The molecule has 0 spiro atoms. The molecule has 0 aromatic rings. The topological polar surface area (TPSA) is 66.6 Å². The molecule has 0 aromatic heterocycles. The van der Waals surface area contributed by atoms with Gasteiger partial charge in [-0.2, -0.15) is 4.31 Å². The van der Waals surface area contributed by atoms with Crippen molar-refractivity contribution in [3.8, 4) is 0 Å². The molecule has 1 saturated heterocycles. The predicted molar refractivity (Wildman–Crippen MR) is 85.2 cm³/mol. The van der Waals surface area contributed by atoms with Gasteiger partial charge >= 0.3 is 0 Å². The molecule has 116 valence electrons. The van der Waals surface area contributed by atoms with Crippen LogP contribution in [0.25, 0.3) is 0 Å². The third-order valence-electron chi connectivity index (χ3n) is 4.72. The van der Waals surface area contributed by atoms with E-state index in [0.29, 0.717) is 31.2 Å². The number of hydrogen-bond acceptors (Lipinski definition) is 4. The van der Waals surface area contributed by atoms with E-state index >= 15 is 0 Å². The third kappa shape index (κ3) is 3.00. The monoisotopic (exact) mass is 319 g/mol. The van der Waals surface area contributed by atoms with E-state index in [1.54, 1.807) is 4.31 Å². The molecule has 7 heteroatoms. The first kappa shape index (κ1) is 16.1. The number of nitrogens with two attached hydrogens (primary N) is 1. The smallest absolute Gasteiger partial charge is 0.217 e. The van der Waals surface area contributed by atoms with E-state index in [9.17, 15) is 8.42 Å². The molecule has 0 radical (unpaired) electrons. The number of piperazine rings is 1. The number of hydrogen-bond donors (Lipinski definition) is 1. The molecule has 0 aromatic carbocycles. The molecule has 0 atom stereocenters. The van der Waals surface area contributed by atoms with Crippen LogP contribution in [0.5, 0.6) is 0 Å². The Labute approximate surface area is 127 Å². The van der Waals surface area contributed by atoms with E-state index in [1.807, 2.05) is 13.8 Å². The van der Waals surface area contributed by atoms with Crippen molar-refractivity contribution < 1.29 is 8.42 Å². The molecule has 5 nitrogen and oxygen atoms in total. The lowest BCUT2D eigenvalue weighted by Gasteiger charge is -2.43. The van der Waals surface area contributed by atoms with Gasteiger partial charge in [-0.15, -0.1) is 0 Å². The Morgan fingerprint density at radius 2 is 1.65 bits per heavy atom. The molecule has 1 heterocycles. The van der Waals surface area contributed by atoms with Gasteiger partial charge in [-0.1, -0.05) is 25.1 Å².